The van der Waals surface area contributed by atoms with Crippen molar-refractivity contribution in [1.82, 2.24) is 0 Å². The molecule has 1 unspecified atom stereocenters. The fourth-order valence-electron chi connectivity index (χ4n) is 2.77. The molecule has 0 aromatic heterocycles. The maximum absolute atomic E-state index is 9.91. The van der Waals surface area contributed by atoms with Crippen LogP contribution in [-0.4, -0.2) is 43.4 Å². The normalized spacial score (nSPS) is 13.7. The van der Waals surface area contributed by atoms with E-state index in [1.807, 2.05) is 0 Å². The van der Waals surface area contributed by atoms with Crippen LogP contribution in [0.3, 0.4) is 0 Å². The average molecular weight is 287 g/mol. The second kappa shape index (κ2) is 12.6. The highest BCUT2D eigenvalue weighted by Crippen LogP contribution is 2.13. The van der Waals surface area contributed by atoms with Crippen LogP contribution in [0.4, 0.5) is 0 Å². The van der Waals surface area contributed by atoms with E-state index in [4.69, 9.17) is 0 Å². The fourth-order valence-corrected chi connectivity index (χ4v) is 2.77. The smallest absolute Gasteiger partial charge is 0.104 e. The van der Waals surface area contributed by atoms with Gasteiger partial charge in [0.05, 0.1) is 21.1 Å². The van der Waals surface area contributed by atoms with Crippen molar-refractivity contribution in [2.75, 3.05) is 27.7 Å². The fraction of sp³-hybridized carbons (Fsp3) is 1.00. The summed E-state index contributed by atoms with van der Waals surface area (Å²) < 4.78 is 0.860. The SMILES string of the molecule is CCCCCCCCCCCCCC(O)C[N+](C)(C)C. The molecule has 1 N–H and O–H groups in total. The van der Waals surface area contributed by atoms with Gasteiger partial charge in [-0.1, -0.05) is 77.6 Å². The molecule has 0 bridgehead atoms. The molecule has 1 atom stereocenters. The van der Waals surface area contributed by atoms with E-state index in [1.165, 1.54) is 70.6 Å². The molecule has 0 aliphatic carbocycles. The van der Waals surface area contributed by atoms with E-state index in [1.54, 1.807) is 0 Å². The minimum atomic E-state index is -0.117. The van der Waals surface area contributed by atoms with Gasteiger partial charge in [0.2, 0.25) is 0 Å². The van der Waals surface area contributed by atoms with Crippen molar-refractivity contribution in [1.29, 1.82) is 0 Å². The Bertz CT molecular complexity index is 198. The van der Waals surface area contributed by atoms with Gasteiger partial charge in [-0.3, -0.25) is 0 Å². The van der Waals surface area contributed by atoms with Gasteiger partial charge in [-0.25, -0.2) is 0 Å². The number of rotatable bonds is 14. The van der Waals surface area contributed by atoms with Gasteiger partial charge in [-0.05, 0) is 6.42 Å². The third-order valence-electron chi connectivity index (χ3n) is 3.90. The Morgan fingerprint density at radius 3 is 1.50 bits per heavy atom. The first-order chi connectivity index (χ1) is 9.45. The van der Waals surface area contributed by atoms with E-state index in [0.717, 1.165) is 17.4 Å². The van der Waals surface area contributed by atoms with Gasteiger partial charge in [-0.2, -0.15) is 0 Å². The molecule has 2 nitrogen and oxygen atoms in total. The summed E-state index contributed by atoms with van der Waals surface area (Å²) in [7, 11) is 6.43. The topological polar surface area (TPSA) is 20.2 Å². The van der Waals surface area contributed by atoms with Gasteiger partial charge in [0.25, 0.3) is 0 Å². The van der Waals surface area contributed by atoms with Gasteiger partial charge >= 0.3 is 0 Å². The lowest BCUT2D eigenvalue weighted by atomic mass is 10.0. The molecule has 2 heteroatoms. The average Bonchev–Trinajstić information content (AvgIpc) is 2.34. The van der Waals surface area contributed by atoms with Crippen LogP contribution in [0.5, 0.6) is 0 Å². The largest absolute Gasteiger partial charge is 0.387 e. The number of likely N-dealkylation sites (N-methyl/N-ethyl adjacent to an activating group) is 1. The van der Waals surface area contributed by atoms with E-state index < -0.39 is 0 Å². The molecule has 0 heterocycles. The first-order valence-electron chi connectivity index (χ1n) is 8.94. The lowest BCUT2D eigenvalue weighted by Gasteiger charge is -2.26. The van der Waals surface area contributed by atoms with Crippen molar-refractivity contribution >= 4 is 0 Å². The van der Waals surface area contributed by atoms with Crippen LogP contribution < -0.4 is 0 Å². The van der Waals surface area contributed by atoms with Crippen LogP contribution in [0.25, 0.3) is 0 Å². The number of aliphatic hydroxyl groups is 1. The molecular weight excluding hydrogens is 246 g/mol. The zero-order valence-electron chi connectivity index (χ0n) is 14.7. The molecule has 122 valence electrons. The van der Waals surface area contributed by atoms with E-state index in [0.29, 0.717) is 0 Å². The minimum absolute atomic E-state index is 0.117. The predicted octanol–water partition coefficient (Wildman–Crippen LogP) is 4.75. The Kier molecular flexibility index (Phi) is 12.6. The summed E-state index contributed by atoms with van der Waals surface area (Å²) in [5.74, 6) is 0. The highest BCUT2D eigenvalue weighted by molar-refractivity contribution is 4.55. The first-order valence-corrected chi connectivity index (χ1v) is 8.94. The molecule has 0 saturated carbocycles. The van der Waals surface area contributed by atoms with E-state index in [-0.39, 0.29) is 6.10 Å². The Labute approximate surface area is 128 Å². The van der Waals surface area contributed by atoms with E-state index in [2.05, 4.69) is 28.1 Å². The zero-order chi connectivity index (χ0) is 15.3. The van der Waals surface area contributed by atoms with Crippen LogP contribution in [0.2, 0.25) is 0 Å². The number of nitrogens with zero attached hydrogens (tertiary/aromatic N) is 1. The van der Waals surface area contributed by atoms with Gasteiger partial charge in [-0.15, -0.1) is 0 Å². The van der Waals surface area contributed by atoms with Crippen molar-refractivity contribution in [2.24, 2.45) is 0 Å². The molecular formula is C18H40NO+. The molecule has 20 heavy (non-hydrogen) atoms. The molecule has 0 fully saturated rings. The maximum Gasteiger partial charge on any atom is 0.104 e. The van der Waals surface area contributed by atoms with Crippen LogP contribution in [0.1, 0.15) is 84.0 Å². The molecule has 0 saturated heterocycles. The van der Waals surface area contributed by atoms with E-state index in [9.17, 15) is 5.11 Å². The lowest BCUT2D eigenvalue weighted by molar-refractivity contribution is -0.873. The number of unbranched alkanes of at least 4 members (excludes halogenated alkanes) is 10. The van der Waals surface area contributed by atoms with Crippen LogP contribution in [0.15, 0.2) is 0 Å². The molecule has 0 aliphatic rings. The summed E-state index contributed by atoms with van der Waals surface area (Å²) in [5, 5.41) is 9.91. The van der Waals surface area contributed by atoms with Gasteiger partial charge in [0, 0.05) is 0 Å². The number of hydrogen-bond donors (Lipinski definition) is 1. The molecule has 0 aliphatic heterocycles. The van der Waals surface area contributed by atoms with Crippen molar-refractivity contribution < 1.29 is 9.59 Å². The molecule has 0 rings (SSSR count). The highest BCUT2D eigenvalue weighted by Gasteiger charge is 2.14. The Morgan fingerprint density at radius 2 is 1.10 bits per heavy atom. The van der Waals surface area contributed by atoms with Crippen molar-refractivity contribution in [3.05, 3.63) is 0 Å². The van der Waals surface area contributed by atoms with Crippen LogP contribution >= 0.6 is 0 Å². The molecule has 0 radical (unpaired) electrons. The summed E-state index contributed by atoms with van der Waals surface area (Å²) in [6.45, 7) is 3.15. The number of aliphatic hydroxyl groups excluding tert-OH is 1. The van der Waals surface area contributed by atoms with Crippen molar-refractivity contribution in [3.8, 4) is 0 Å². The van der Waals surface area contributed by atoms with Crippen LogP contribution in [-0.2, 0) is 0 Å². The number of quaternary nitrogens is 1. The summed E-state index contributed by atoms with van der Waals surface area (Å²) in [6.07, 6.45) is 16.0. The molecule has 0 aromatic carbocycles. The van der Waals surface area contributed by atoms with Crippen molar-refractivity contribution in [3.63, 3.8) is 0 Å². The van der Waals surface area contributed by atoms with Crippen LogP contribution in [0, 0.1) is 0 Å². The highest BCUT2D eigenvalue weighted by atomic mass is 16.3. The standard InChI is InChI=1S/C18H40NO/c1-5-6-7-8-9-10-11-12-13-14-15-16-18(20)17-19(2,3)4/h18,20H,5-17H2,1-4H3/q+1. The molecule has 0 aromatic rings. The van der Waals surface area contributed by atoms with Gasteiger partial charge in [0.15, 0.2) is 0 Å². The number of hydrogen-bond acceptors (Lipinski definition) is 1. The van der Waals surface area contributed by atoms with Crippen molar-refractivity contribution in [2.45, 2.75) is 90.1 Å². The monoisotopic (exact) mass is 286 g/mol. The molecule has 0 spiro atoms. The Morgan fingerprint density at radius 1 is 0.700 bits per heavy atom. The summed E-state index contributed by atoms with van der Waals surface area (Å²) >= 11 is 0. The Hall–Kier alpha value is -0.0800. The first kappa shape index (κ1) is 19.9. The van der Waals surface area contributed by atoms with Gasteiger partial charge < -0.3 is 9.59 Å². The second-order valence-corrected chi connectivity index (χ2v) is 7.45. The quantitative estimate of drug-likeness (QED) is 0.361. The Balaban J connectivity index is 3.17. The van der Waals surface area contributed by atoms with Gasteiger partial charge in [0.1, 0.15) is 12.6 Å². The summed E-state index contributed by atoms with van der Waals surface area (Å²) in [5.41, 5.74) is 0. The minimum Gasteiger partial charge on any atom is -0.387 e. The van der Waals surface area contributed by atoms with E-state index >= 15 is 0 Å². The third kappa shape index (κ3) is 16.0. The summed E-state index contributed by atoms with van der Waals surface area (Å²) in [6, 6.07) is 0. The third-order valence-corrected chi connectivity index (χ3v) is 3.90. The maximum atomic E-state index is 9.91. The molecule has 0 amide bonds. The predicted molar refractivity (Wildman–Crippen MR) is 90.0 cm³/mol. The summed E-state index contributed by atoms with van der Waals surface area (Å²) in [4.78, 5) is 0. The lowest BCUT2D eigenvalue weighted by Crippen LogP contribution is -2.41. The zero-order valence-corrected chi connectivity index (χ0v) is 14.7. The second-order valence-electron chi connectivity index (χ2n) is 7.45.